The highest BCUT2D eigenvalue weighted by atomic mass is 16.7. The van der Waals surface area contributed by atoms with Crippen LogP contribution in [0, 0.1) is 0 Å². The maximum atomic E-state index is 12.4. The van der Waals surface area contributed by atoms with Crippen LogP contribution in [-0.2, 0) is 0 Å². The highest BCUT2D eigenvalue weighted by molar-refractivity contribution is 5.97. The average Bonchev–Trinajstić information content (AvgIpc) is 3.07. The van der Waals surface area contributed by atoms with Gasteiger partial charge in [-0.2, -0.15) is 0 Å². The molecule has 0 fully saturated rings. The molecule has 3 rings (SSSR count). The highest BCUT2D eigenvalue weighted by Crippen LogP contribution is 2.35. The third kappa shape index (κ3) is 4.03. The lowest BCUT2D eigenvalue weighted by Crippen LogP contribution is -2.28. The molecule has 0 unspecified atom stereocenters. The second-order valence-electron chi connectivity index (χ2n) is 6.00. The normalized spacial score (nSPS) is 13.6. The number of hydrogen-bond acceptors (Lipinski definition) is 5. The van der Waals surface area contributed by atoms with Crippen LogP contribution in [0.1, 0.15) is 35.9 Å². The van der Waals surface area contributed by atoms with Gasteiger partial charge in [0.1, 0.15) is 5.75 Å². The Morgan fingerprint density at radius 1 is 1.24 bits per heavy atom. The van der Waals surface area contributed by atoms with Gasteiger partial charge in [-0.25, -0.2) is 0 Å². The minimum atomic E-state index is -0.839. The molecule has 0 saturated carbocycles. The van der Waals surface area contributed by atoms with Crippen molar-refractivity contribution in [3.8, 4) is 17.2 Å². The van der Waals surface area contributed by atoms with Crippen molar-refractivity contribution < 1.29 is 24.1 Å². The Morgan fingerprint density at radius 2 is 2.04 bits per heavy atom. The first-order valence-electron chi connectivity index (χ1n) is 8.16. The van der Waals surface area contributed by atoms with E-state index in [0.29, 0.717) is 28.4 Å². The fourth-order valence-electron chi connectivity index (χ4n) is 2.58. The zero-order valence-electron chi connectivity index (χ0n) is 14.2. The van der Waals surface area contributed by atoms with Crippen molar-refractivity contribution in [1.29, 1.82) is 0 Å². The topological polar surface area (TPSA) is 77.0 Å². The van der Waals surface area contributed by atoms with Gasteiger partial charge in [0.25, 0.3) is 5.91 Å². The molecule has 0 bridgehead atoms. The Hall–Kier alpha value is -2.73. The summed E-state index contributed by atoms with van der Waals surface area (Å²) in [6.07, 6.45) is -0.789. The molecule has 0 aliphatic carbocycles. The first kappa shape index (κ1) is 17.1. The largest absolute Gasteiger partial charge is 0.491 e. The van der Waals surface area contributed by atoms with Crippen LogP contribution >= 0.6 is 0 Å². The number of benzene rings is 2. The van der Waals surface area contributed by atoms with Gasteiger partial charge in [-0.05, 0) is 43.7 Å². The van der Waals surface area contributed by atoms with E-state index in [1.165, 1.54) is 0 Å². The summed E-state index contributed by atoms with van der Waals surface area (Å²) in [6, 6.07) is 12.3. The molecule has 0 radical (unpaired) electrons. The lowest BCUT2D eigenvalue weighted by atomic mass is 10.1. The van der Waals surface area contributed by atoms with Gasteiger partial charge in [0.15, 0.2) is 11.5 Å². The first-order chi connectivity index (χ1) is 12.0. The minimum Gasteiger partial charge on any atom is -0.491 e. The average molecular weight is 343 g/mol. The van der Waals surface area contributed by atoms with E-state index in [2.05, 4.69) is 5.32 Å². The molecule has 1 heterocycles. The van der Waals surface area contributed by atoms with Gasteiger partial charge in [-0.3, -0.25) is 4.79 Å². The molecule has 0 saturated heterocycles. The zero-order valence-corrected chi connectivity index (χ0v) is 14.2. The number of aliphatic hydroxyl groups excluding tert-OH is 1. The molecule has 2 aromatic carbocycles. The van der Waals surface area contributed by atoms with Gasteiger partial charge >= 0.3 is 0 Å². The molecule has 6 nitrogen and oxygen atoms in total. The SMILES string of the molecule is CC(C)Oc1cccc([C@H](O)CNC(=O)c2cccc3c2OCO3)c1. The van der Waals surface area contributed by atoms with Gasteiger partial charge in [0.05, 0.1) is 17.8 Å². The van der Waals surface area contributed by atoms with Crippen molar-refractivity contribution in [2.75, 3.05) is 13.3 Å². The standard InChI is InChI=1S/C19H21NO5/c1-12(2)25-14-6-3-5-13(9-14)16(21)10-20-19(22)15-7-4-8-17-18(15)24-11-23-17/h3-9,12,16,21H,10-11H2,1-2H3,(H,20,22)/t16-/m1/s1. The van der Waals surface area contributed by atoms with Gasteiger partial charge < -0.3 is 24.6 Å². The smallest absolute Gasteiger partial charge is 0.255 e. The van der Waals surface area contributed by atoms with Crippen LogP contribution in [0.3, 0.4) is 0 Å². The Labute approximate surface area is 146 Å². The van der Waals surface area contributed by atoms with Crippen LogP contribution in [0.25, 0.3) is 0 Å². The van der Waals surface area contributed by atoms with E-state index >= 15 is 0 Å². The molecule has 1 atom stereocenters. The molecular weight excluding hydrogens is 322 g/mol. The molecule has 2 aromatic rings. The van der Waals surface area contributed by atoms with E-state index in [4.69, 9.17) is 14.2 Å². The maximum Gasteiger partial charge on any atom is 0.255 e. The van der Waals surface area contributed by atoms with Crippen molar-refractivity contribution in [1.82, 2.24) is 5.32 Å². The van der Waals surface area contributed by atoms with Crippen LogP contribution in [0.4, 0.5) is 0 Å². The van der Waals surface area contributed by atoms with Crippen LogP contribution in [-0.4, -0.2) is 30.5 Å². The summed E-state index contributed by atoms with van der Waals surface area (Å²) in [4.78, 5) is 12.4. The number of carbonyl (C=O) groups excluding carboxylic acids is 1. The van der Waals surface area contributed by atoms with Crippen LogP contribution in [0.2, 0.25) is 0 Å². The Balaban J connectivity index is 1.64. The van der Waals surface area contributed by atoms with Crippen LogP contribution in [0.5, 0.6) is 17.2 Å². The third-order valence-corrected chi connectivity index (χ3v) is 3.71. The van der Waals surface area contributed by atoms with Crippen LogP contribution in [0.15, 0.2) is 42.5 Å². The van der Waals surface area contributed by atoms with E-state index in [9.17, 15) is 9.90 Å². The number of fused-ring (bicyclic) bond motifs is 1. The second-order valence-corrected chi connectivity index (χ2v) is 6.00. The third-order valence-electron chi connectivity index (χ3n) is 3.71. The van der Waals surface area contributed by atoms with Crippen molar-refractivity contribution in [2.45, 2.75) is 26.1 Å². The van der Waals surface area contributed by atoms with Crippen molar-refractivity contribution in [3.05, 3.63) is 53.6 Å². The molecule has 1 amide bonds. The molecular formula is C19H21NO5. The molecule has 0 aromatic heterocycles. The second kappa shape index (κ2) is 7.44. The monoisotopic (exact) mass is 343 g/mol. The fraction of sp³-hybridized carbons (Fsp3) is 0.316. The van der Waals surface area contributed by atoms with Crippen molar-refractivity contribution >= 4 is 5.91 Å². The number of aliphatic hydroxyl groups is 1. The molecule has 25 heavy (non-hydrogen) atoms. The van der Waals surface area contributed by atoms with E-state index in [-0.39, 0.29) is 25.3 Å². The summed E-state index contributed by atoms with van der Waals surface area (Å²) < 4.78 is 16.2. The Kier molecular flexibility index (Phi) is 5.09. The number of ether oxygens (including phenoxy) is 3. The lowest BCUT2D eigenvalue weighted by Gasteiger charge is -2.15. The van der Waals surface area contributed by atoms with Crippen molar-refractivity contribution in [3.63, 3.8) is 0 Å². The summed E-state index contributed by atoms with van der Waals surface area (Å²) in [7, 11) is 0. The molecule has 6 heteroatoms. The van der Waals surface area contributed by atoms with E-state index in [1.54, 1.807) is 30.3 Å². The highest BCUT2D eigenvalue weighted by Gasteiger charge is 2.22. The first-order valence-corrected chi connectivity index (χ1v) is 8.16. The van der Waals surface area contributed by atoms with Gasteiger partial charge in [0, 0.05) is 6.54 Å². The van der Waals surface area contributed by atoms with Gasteiger partial charge in [-0.15, -0.1) is 0 Å². The molecule has 0 spiro atoms. The summed E-state index contributed by atoms with van der Waals surface area (Å²) in [5, 5.41) is 13.1. The van der Waals surface area contributed by atoms with Crippen LogP contribution < -0.4 is 19.5 Å². The zero-order chi connectivity index (χ0) is 17.8. The number of hydrogen-bond donors (Lipinski definition) is 2. The molecule has 132 valence electrons. The number of amides is 1. The summed E-state index contributed by atoms with van der Waals surface area (Å²) in [6.45, 7) is 4.06. The number of nitrogens with one attached hydrogen (secondary N) is 1. The lowest BCUT2D eigenvalue weighted by molar-refractivity contribution is 0.0911. The van der Waals surface area contributed by atoms with Gasteiger partial charge in [0.2, 0.25) is 6.79 Å². The van der Waals surface area contributed by atoms with Crippen molar-refractivity contribution in [2.24, 2.45) is 0 Å². The number of carbonyl (C=O) groups is 1. The maximum absolute atomic E-state index is 12.4. The molecule has 1 aliphatic rings. The van der Waals surface area contributed by atoms with E-state index < -0.39 is 6.10 Å². The predicted molar refractivity (Wildman–Crippen MR) is 92.1 cm³/mol. The minimum absolute atomic E-state index is 0.0505. The molecule has 2 N–H and O–H groups in total. The Morgan fingerprint density at radius 3 is 2.84 bits per heavy atom. The fourth-order valence-corrected chi connectivity index (χ4v) is 2.58. The summed E-state index contributed by atoms with van der Waals surface area (Å²) in [5.41, 5.74) is 1.07. The van der Waals surface area contributed by atoms with E-state index in [1.807, 2.05) is 26.0 Å². The summed E-state index contributed by atoms with van der Waals surface area (Å²) in [5.74, 6) is 1.34. The predicted octanol–water partition coefficient (Wildman–Crippen LogP) is 2.67. The Bertz CT molecular complexity index is 759. The number of rotatable bonds is 6. The summed E-state index contributed by atoms with van der Waals surface area (Å²) >= 11 is 0. The van der Waals surface area contributed by atoms with E-state index in [0.717, 1.165) is 0 Å². The number of para-hydroxylation sites is 1. The quantitative estimate of drug-likeness (QED) is 0.843. The molecule has 1 aliphatic heterocycles. The van der Waals surface area contributed by atoms with Gasteiger partial charge in [-0.1, -0.05) is 18.2 Å².